The van der Waals surface area contributed by atoms with Crippen LogP contribution in [-0.2, 0) is 4.79 Å². The second kappa shape index (κ2) is 5.78. The number of para-hydroxylation sites is 1. The fraction of sp³-hybridized carbons (Fsp3) is 0.267. The first-order chi connectivity index (χ1) is 9.90. The lowest BCUT2D eigenvalue weighted by atomic mass is 10.1. The molecule has 2 rings (SSSR count). The van der Waals surface area contributed by atoms with Crippen molar-refractivity contribution in [3.05, 3.63) is 36.0 Å². The predicted molar refractivity (Wildman–Crippen MR) is 80.6 cm³/mol. The first-order valence-electron chi connectivity index (χ1n) is 6.51. The summed E-state index contributed by atoms with van der Waals surface area (Å²) in [4.78, 5) is 29.1. The van der Waals surface area contributed by atoms with Gasteiger partial charge in [-0.15, -0.1) is 0 Å². The van der Waals surface area contributed by atoms with Crippen molar-refractivity contribution in [1.29, 1.82) is 0 Å². The van der Waals surface area contributed by atoms with Crippen LogP contribution in [0.5, 0.6) is 0 Å². The summed E-state index contributed by atoms with van der Waals surface area (Å²) in [5.41, 5.74) is 1.75. The second-order valence-corrected chi connectivity index (χ2v) is 4.97. The average Bonchev–Trinajstić information content (AvgIpc) is 2.45. The molecule has 0 aliphatic heterocycles. The number of nitrogens with zero attached hydrogens (tertiary/aromatic N) is 2. The highest BCUT2D eigenvalue weighted by atomic mass is 16.4. The maximum absolute atomic E-state index is 12.1. The molecule has 0 fully saturated rings. The molecule has 0 saturated heterocycles. The Hall–Kier alpha value is -2.63. The van der Waals surface area contributed by atoms with Gasteiger partial charge in [0.2, 0.25) is 0 Å². The smallest absolute Gasteiger partial charge is 0.325 e. The molecule has 1 aromatic carbocycles. The van der Waals surface area contributed by atoms with E-state index < -0.39 is 17.9 Å². The SMILES string of the molecule is CC(NC(=O)c1cc(N(C)C)c2ccccc2n1)C(=O)O. The Morgan fingerprint density at radius 1 is 1.29 bits per heavy atom. The van der Waals surface area contributed by atoms with Gasteiger partial charge in [0.1, 0.15) is 11.7 Å². The summed E-state index contributed by atoms with van der Waals surface area (Å²) in [7, 11) is 3.76. The van der Waals surface area contributed by atoms with Crippen LogP contribution in [-0.4, -0.2) is 42.1 Å². The minimum absolute atomic E-state index is 0.200. The van der Waals surface area contributed by atoms with Crippen LogP contribution in [0.3, 0.4) is 0 Å². The minimum Gasteiger partial charge on any atom is -0.480 e. The van der Waals surface area contributed by atoms with Crippen LogP contribution >= 0.6 is 0 Å². The Morgan fingerprint density at radius 2 is 1.95 bits per heavy atom. The van der Waals surface area contributed by atoms with Crippen molar-refractivity contribution in [2.24, 2.45) is 0 Å². The van der Waals surface area contributed by atoms with Gasteiger partial charge in [0, 0.05) is 25.2 Å². The molecule has 0 aliphatic carbocycles. The normalized spacial score (nSPS) is 12.0. The van der Waals surface area contributed by atoms with E-state index >= 15 is 0 Å². The molecular weight excluding hydrogens is 270 g/mol. The van der Waals surface area contributed by atoms with E-state index in [1.807, 2.05) is 43.3 Å². The van der Waals surface area contributed by atoms with Gasteiger partial charge in [-0.05, 0) is 19.1 Å². The van der Waals surface area contributed by atoms with E-state index in [1.54, 1.807) is 6.07 Å². The number of anilines is 1. The Balaban J connectivity index is 2.45. The Bertz CT molecular complexity index is 698. The molecule has 1 atom stereocenters. The van der Waals surface area contributed by atoms with Gasteiger partial charge < -0.3 is 15.3 Å². The number of rotatable bonds is 4. The van der Waals surface area contributed by atoms with Crippen LogP contribution in [0.2, 0.25) is 0 Å². The maximum atomic E-state index is 12.1. The third kappa shape index (κ3) is 3.10. The number of carboxylic acids is 1. The van der Waals surface area contributed by atoms with Gasteiger partial charge in [-0.25, -0.2) is 4.98 Å². The number of hydrogen-bond acceptors (Lipinski definition) is 4. The summed E-state index contributed by atoms with van der Waals surface area (Å²) in [6, 6.07) is 8.19. The van der Waals surface area contributed by atoms with E-state index in [9.17, 15) is 9.59 Å². The number of carbonyl (C=O) groups excluding carboxylic acids is 1. The molecule has 0 saturated carbocycles. The van der Waals surface area contributed by atoms with Gasteiger partial charge in [-0.1, -0.05) is 18.2 Å². The lowest BCUT2D eigenvalue weighted by Crippen LogP contribution is -2.38. The number of nitrogens with one attached hydrogen (secondary N) is 1. The van der Waals surface area contributed by atoms with Crippen LogP contribution < -0.4 is 10.2 Å². The number of aliphatic carboxylic acids is 1. The lowest BCUT2D eigenvalue weighted by molar-refractivity contribution is -0.138. The number of hydrogen-bond donors (Lipinski definition) is 2. The molecular formula is C15H17N3O3. The minimum atomic E-state index is -1.09. The van der Waals surface area contributed by atoms with E-state index in [-0.39, 0.29) is 5.69 Å². The van der Waals surface area contributed by atoms with Crippen molar-refractivity contribution in [2.75, 3.05) is 19.0 Å². The van der Waals surface area contributed by atoms with Crippen LogP contribution in [0.4, 0.5) is 5.69 Å². The Morgan fingerprint density at radius 3 is 2.57 bits per heavy atom. The van der Waals surface area contributed by atoms with Crippen LogP contribution in [0.15, 0.2) is 30.3 Å². The standard InChI is InChI=1S/C15H17N3O3/c1-9(15(20)21)16-14(19)12-8-13(18(2)3)10-6-4-5-7-11(10)17-12/h4-9H,1-3H3,(H,16,19)(H,20,21). The molecule has 2 aromatic rings. The fourth-order valence-corrected chi connectivity index (χ4v) is 1.98. The van der Waals surface area contributed by atoms with Crippen molar-refractivity contribution in [2.45, 2.75) is 13.0 Å². The average molecular weight is 287 g/mol. The highest BCUT2D eigenvalue weighted by molar-refractivity contribution is 6.01. The molecule has 0 aliphatic rings. The highest BCUT2D eigenvalue weighted by Crippen LogP contribution is 2.25. The summed E-state index contributed by atoms with van der Waals surface area (Å²) in [5.74, 6) is -1.59. The molecule has 1 amide bonds. The van der Waals surface area contributed by atoms with Gasteiger partial charge in [0.05, 0.1) is 5.52 Å². The molecule has 0 bridgehead atoms. The third-order valence-corrected chi connectivity index (χ3v) is 3.13. The summed E-state index contributed by atoms with van der Waals surface area (Å²) in [6.07, 6.45) is 0. The van der Waals surface area contributed by atoms with Gasteiger partial charge in [-0.2, -0.15) is 0 Å². The van der Waals surface area contributed by atoms with Gasteiger partial charge in [-0.3, -0.25) is 9.59 Å². The summed E-state index contributed by atoms with van der Waals surface area (Å²) >= 11 is 0. The lowest BCUT2D eigenvalue weighted by Gasteiger charge is -2.17. The van der Waals surface area contributed by atoms with Crippen LogP contribution in [0, 0.1) is 0 Å². The number of carboxylic acid groups (broad SMARTS) is 1. The molecule has 21 heavy (non-hydrogen) atoms. The topological polar surface area (TPSA) is 82.5 Å². The largest absolute Gasteiger partial charge is 0.480 e. The molecule has 0 spiro atoms. The summed E-state index contributed by atoms with van der Waals surface area (Å²) < 4.78 is 0. The molecule has 1 aromatic heterocycles. The number of benzene rings is 1. The van der Waals surface area contributed by atoms with Crippen molar-refractivity contribution in [3.8, 4) is 0 Å². The summed E-state index contributed by atoms with van der Waals surface area (Å²) in [5, 5.41) is 12.2. The molecule has 1 unspecified atom stereocenters. The Kier molecular flexibility index (Phi) is 4.07. The molecule has 0 radical (unpaired) electrons. The van der Waals surface area contributed by atoms with E-state index in [1.165, 1.54) is 6.92 Å². The van der Waals surface area contributed by atoms with E-state index in [0.29, 0.717) is 5.52 Å². The molecule has 110 valence electrons. The monoisotopic (exact) mass is 287 g/mol. The zero-order chi connectivity index (χ0) is 15.6. The zero-order valence-electron chi connectivity index (χ0n) is 12.1. The molecule has 1 heterocycles. The first-order valence-corrected chi connectivity index (χ1v) is 6.51. The zero-order valence-corrected chi connectivity index (χ0v) is 12.1. The number of amides is 1. The third-order valence-electron chi connectivity index (χ3n) is 3.13. The quantitative estimate of drug-likeness (QED) is 0.890. The van der Waals surface area contributed by atoms with Gasteiger partial charge in [0.15, 0.2) is 0 Å². The first kappa shape index (κ1) is 14.8. The molecule has 2 N–H and O–H groups in total. The van der Waals surface area contributed by atoms with E-state index in [4.69, 9.17) is 5.11 Å². The fourth-order valence-electron chi connectivity index (χ4n) is 1.98. The predicted octanol–water partition coefficient (Wildman–Crippen LogP) is 1.50. The second-order valence-electron chi connectivity index (χ2n) is 4.97. The number of carbonyl (C=O) groups is 2. The van der Waals surface area contributed by atoms with Gasteiger partial charge >= 0.3 is 5.97 Å². The summed E-state index contributed by atoms with van der Waals surface area (Å²) in [6.45, 7) is 1.41. The van der Waals surface area contributed by atoms with E-state index in [2.05, 4.69) is 10.3 Å². The molecule has 6 nitrogen and oxygen atoms in total. The van der Waals surface area contributed by atoms with Crippen molar-refractivity contribution >= 4 is 28.5 Å². The maximum Gasteiger partial charge on any atom is 0.325 e. The van der Waals surface area contributed by atoms with Gasteiger partial charge in [0.25, 0.3) is 5.91 Å². The van der Waals surface area contributed by atoms with E-state index in [0.717, 1.165) is 11.1 Å². The highest BCUT2D eigenvalue weighted by Gasteiger charge is 2.18. The van der Waals surface area contributed by atoms with Crippen LogP contribution in [0.1, 0.15) is 17.4 Å². The molecule has 6 heteroatoms. The van der Waals surface area contributed by atoms with Crippen molar-refractivity contribution in [1.82, 2.24) is 10.3 Å². The number of aromatic nitrogens is 1. The van der Waals surface area contributed by atoms with Crippen LogP contribution in [0.25, 0.3) is 10.9 Å². The number of fused-ring (bicyclic) bond motifs is 1. The van der Waals surface area contributed by atoms with Crippen molar-refractivity contribution < 1.29 is 14.7 Å². The van der Waals surface area contributed by atoms with Crippen molar-refractivity contribution in [3.63, 3.8) is 0 Å². The number of pyridine rings is 1. The Labute approximate surface area is 122 Å².